The van der Waals surface area contributed by atoms with E-state index >= 15 is 0 Å². The SMILES string of the molecule is Cc1cccc(-c2nc3ccc(Br)cc3c(C(=O)O)c2C)c1C(F)(F)F. The van der Waals surface area contributed by atoms with Crippen molar-refractivity contribution in [1.29, 1.82) is 0 Å². The maximum Gasteiger partial charge on any atom is 0.417 e. The molecule has 7 heteroatoms. The molecule has 3 nitrogen and oxygen atoms in total. The van der Waals surface area contributed by atoms with Gasteiger partial charge in [0.25, 0.3) is 0 Å². The summed E-state index contributed by atoms with van der Waals surface area (Å²) in [6.45, 7) is 2.85. The quantitative estimate of drug-likeness (QED) is 0.549. The van der Waals surface area contributed by atoms with Crippen molar-refractivity contribution in [3.05, 3.63) is 63.1 Å². The first kappa shape index (κ1) is 18.4. The van der Waals surface area contributed by atoms with Crippen molar-refractivity contribution in [3.63, 3.8) is 0 Å². The van der Waals surface area contributed by atoms with E-state index in [1.165, 1.54) is 32.0 Å². The summed E-state index contributed by atoms with van der Waals surface area (Å²) in [6.07, 6.45) is -4.58. The maximum atomic E-state index is 13.6. The van der Waals surface area contributed by atoms with Gasteiger partial charge in [-0.15, -0.1) is 0 Å². The Labute approximate surface area is 155 Å². The van der Waals surface area contributed by atoms with Gasteiger partial charge in [-0.3, -0.25) is 0 Å². The lowest BCUT2D eigenvalue weighted by Crippen LogP contribution is -2.12. The molecule has 0 aliphatic heterocycles. The van der Waals surface area contributed by atoms with Crippen LogP contribution in [0.5, 0.6) is 0 Å². The second-order valence-electron chi connectivity index (χ2n) is 5.92. The van der Waals surface area contributed by atoms with E-state index in [9.17, 15) is 23.1 Å². The Hall–Kier alpha value is -2.41. The summed E-state index contributed by atoms with van der Waals surface area (Å²) in [5.41, 5.74) is -0.385. The van der Waals surface area contributed by atoms with E-state index in [0.29, 0.717) is 15.4 Å². The van der Waals surface area contributed by atoms with Crippen LogP contribution in [0.3, 0.4) is 0 Å². The third-order valence-corrected chi connectivity index (χ3v) is 4.71. The fourth-order valence-electron chi connectivity index (χ4n) is 3.11. The van der Waals surface area contributed by atoms with Crippen LogP contribution in [0.25, 0.3) is 22.2 Å². The van der Waals surface area contributed by atoms with Crippen LogP contribution in [0, 0.1) is 13.8 Å². The van der Waals surface area contributed by atoms with E-state index in [4.69, 9.17) is 0 Å². The van der Waals surface area contributed by atoms with Gasteiger partial charge in [0.05, 0.1) is 22.3 Å². The molecule has 0 saturated heterocycles. The standard InChI is InChI=1S/C19H13BrF3NO2/c1-9-4-3-5-12(16(9)19(21,22)23)17-10(2)15(18(25)26)13-8-11(20)6-7-14(13)24-17/h3-8H,1-2H3,(H,25,26). The number of alkyl halides is 3. The molecule has 3 aromatic rings. The molecule has 2 aromatic carbocycles. The molecule has 134 valence electrons. The van der Waals surface area contributed by atoms with Crippen molar-refractivity contribution in [2.75, 3.05) is 0 Å². The monoisotopic (exact) mass is 423 g/mol. The summed E-state index contributed by atoms with van der Waals surface area (Å²) in [6, 6.07) is 9.05. The molecule has 0 bridgehead atoms. The fraction of sp³-hybridized carbons (Fsp3) is 0.158. The molecule has 0 saturated carbocycles. The van der Waals surface area contributed by atoms with Gasteiger partial charge in [-0.25, -0.2) is 9.78 Å². The molecule has 1 heterocycles. The minimum absolute atomic E-state index is 0.0215. The van der Waals surface area contributed by atoms with Crippen molar-refractivity contribution >= 4 is 32.8 Å². The third kappa shape index (κ3) is 3.07. The Morgan fingerprint density at radius 2 is 1.85 bits per heavy atom. The van der Waals surface area contributed by atoms with Crippen LogP contribution >= 0.6 is 15.9 Å². The van der Waals surface area contributed by atoms with Crippen LogP contribution in [0.15, 0.2) is 40.9 Å². The van der Waals surface area contributed by atoms with Crippen molar-refractivity contribution in [3.8, 4) is 11.3 Å². The van der Waals surface area contributed by atoms with E-state index in [-0.39, 0.29) is 27.9 Å². The number of carboxylic acids is 1. The zero-order valence-electron chi connectivity index (χ0n) is 13.8. The number of fused-ring (bicyclic) bond motifs is 1. The number of carboxylic acid groups (broad SMARTS) is 1. The van der Waals surface area contributed by atoms with Gasteiger partial charge in [-0.2, -0.15) is 13.2 Å². The van der Waals surface area contributed by atoms with Crippen LogP contribution < -0.4 is 0 Å². The van der Waals surface area contributed by atoms with Gasteiger partial charge in [0.1, 0.15) is 0 Å². The Kier molecular flexibility index (Phi) is 4.52. The molecule has 0 radical (unpaired) electrons. The first-order valence-electron chi connectivity index (χ1n) is 7.61. The lowest BCUT2D eigenvalue weighted by atomic mass is 9.93. The van der Waals surface area contributed by atoms with Crippen molar-refractivity contribution in [2.45, 2.75) is 20.0 Å². The fourth-order valence-corrected chi connectivity index (χ4v) is 3.47. The van der Waals surface area contributed by atoms with Crippen LogP contribution in [0.4, 0.5) is 13.2 Å². The molecule has 0 amide bonds. The van der Waals surface area contributed by atoms with Crippen molar-refractivity contribution in [2.24, 2.45) is 0 Å². The summed E-state index contributed by atoms with van der Waals surface area (Å²) in [7, 11) is 0. The molecule has 0 aliphatic carbocycles. The highest BCUT2D eigenvalue weighted by atomic mass is 79.9. The van der Waals surface area contributed by atoms with Gasteiger partial charge in [0.2, 0.25) is 0 Å². The van der Waals surface area contributed by atoms with Crippen molar-refractivity contribution in [1.82, 2.24) is 4.98 Å². The summed E-state index contributed by atoms with van der Waals surface area (Å²) in [4.78, 5) is 16.2. The first-order valence-corrected chi connectivity index (χ1v) is 8.41. The predicted octanol–water partition coefficient (Wildman–Crippen LogP) is 6.00. The number of rotatable bonds is 2. The van der Waals surface area contributed by atoms with Gasteiger partial charge in [0, 0.05) is 15.4 Å². The smallest absolute Gasteiger partial charge is 0.417 e. The highest BCUT2D eigenvalue weighted by Crippen LogP contribution is 2.41. The minimum Gasteiger partial charge on any atom is -0.478 e. The van der Waals surface area contributed by atoms with Gasteiger partial charge in [-0.1, -0.05) is 34.1 Å². The third-order valence-electron chi connectivity index (χ3n) is 4.22. The number of benzene rings is 2. The first-order chi connectivity index (χ1) is 12.1. The van der Waals surface area contributed by atoms with Gasteiger partial charge in [-0.05, 0) is 43.2 Å². The Morgan fingerprint density at radius 1 is 1.15 bits per heavy atom. The average molecular weight is 424 g/mol. The van der Waals surface area contributed by atoms with Crippen molar-refractivity contribution < 1.29 is 23.1 Å². The molecular weight excluding hydrogens is 411 g/mol. The second-order valence-corrected chi connectivity index (χ2v) is 6.84. The minimum atomic E-state index is -4.58. The molecule has 1 N–H and O–H groups in total. The number of aromatic carboxylic acids is 1. The summed E-state index contributed by atoms with van der Waals surface area (Å²) < 4.78 is 41.5. The highest BCUT2D eigenvalue weighted by molar-refractivity contribution is 9.10. The molecule has 3 rings (SSSR count). The average Bonchev–Trinajstić information content (AvgIpc) is 2.52. The molecular formula is C19H13BrF3NO2. The molecule has 0 unspecified atom stereocenters. The van der Waals surface area contributed by atoms with E-state index in [2.05, 4.69) is 20.9 Å². The highest BCUT2D eigenvalue weighted by Gasteiger charge is 2.36. The lowest BCUT2D eigenvalue weighted by Gasteiger charge is -2.18. The second kappa shape index (κ2) is 6.39. The number of hydrogen-bond donors (Lipinski definition) is 1. The molecule has 0 fully saturated rings. The molecule has 1 aromatic heterocycles. The summed E-state index contributed by atoms with van der Waals surface area (Å²) in [5.74, 6) is -1.21. The Balaban J connectivity index is 2.46. The van der Waals surface area contributed by atoms with E-state index in [0.717, 1.165) is 0 Å². The molecule has 0 aliphatic rings. The van der Waals surface area contributed by atoms with E-state index < -0.39 is 17.7 Å². The number of hydrogen-bond acceptors (Lipinski definition) is 2. The lowest BCUT2D eigenvalue weighted by molar-refractivity contribution is -0.137. The number of halogens is 4. The molecule has 0 spiro atoms. The summed E-state index contributed by atoms with van der Waals surface area (Å²) in [5, 5.41) is 10.0. The molecule has 26 heavy (non-hydrogen) atoms. The number of pyridine rings is 1. The van der Waals surface area contributed by atoms with Crippen LogP contribution in [-0.4, -0.2) is 16.1 Å². The van der Waals surface area contributed by atoms with E-state index in [1.54, 1.807) is 18.2 Å². The summed E-state index contributed by atoms with van der Waals surface area (Å²) >= 11 is 3.28. The van der Waals surface area contributed by atoms with Crippen LogP contribution in [0.2, 0.25) is 0 Å². The molecule has 0 atom stereocenters. The zero-order valence-corrected chi connectivity index (χ0v) is 15.4. The topological polar surface area (TPSA) is 50.2 Å². The predicted molar refractivity (Wildman–Crippen MR) is 96.3 cm³/mol. The van der Waals surface area contributed by atoms with Gasteiger partial charge in [0.15, 0.2) is 0 Å². The van der Waals surface area contributed by atoms with Crippen LogP contribution in [0.1, 0.15) is 27.0 Å². The van der Waals surface area contributed by atoms with Gasteiger partial charge >= 0.3 is 12.1 Å². The maximum absolute atomic E-state index is 13.6. The zero-order chi connectivity index (χ0) is 19.2. The number of nitrogens with zero attached hydrogens (tertiary/aromatic N) is 1. The largest absolute Gasteiger partial charge is 0.478 e. The number of aryl methyl sites for hydroxylation is 1. The van der Waals surface area contributed by atoms with Gasteiger partial charge < -0.3 is 5.11 Å². The van der Waals surface area contributed by atoms with E-state index in [1.807, 2.05) is 0 Å². The van der Waals surface area contributed by atoms with Crippen LogP contribution in [-0.2, 0) is 6.18 Å². The normalized spacial score (nSPS) is 11.8. The number of carbonyl (C=O) groups is 1. The number of aromatic nitrogens is 1. The Bertz CT molecular complexity index is 1050. The Morgan fingerprint density at radius 3 is 2.46 bits per heavy atom.